The number of halogens is 3. The van der Waals surface area contributed by atoms with Crippen molar-refractivity contribution in [3.8, 4) is 0 Å². The smallest absolute Gasteiger partial charge is 0.280 e. The molecule has 0 fully saturated rings. The Morgan fingerprint density at radius 3 is 2.69 bits per heavy atom. The molecule has 0 saturated heterocycles. The van der Waals surface area contributed by atoms with Crippen LogP contribution in [0.2, 0.25) is 5.02 Å². The topological polar surface area (TPSA) is 56.0 Å². The molecule has 0 saturated carbocycles. The molecule has 0 unspecified atom stereocenters. The van der Waals surface area contributed by atoms with E-state index in [1.54, 1.807) is 0 Å². The fourth-order valence-electron chi connectivity index (χ4n) is 0.789. The Kier molecular flexibility index (Phi) is 2.77. The van der Waals surface area contributed by atoms with E-state index in [0.717, 1.165) is 6.07 Å². The molecule has 0 aliphatic heterocycles. The van der Waals surface area contributed by atoms with E-state index in [1.807, 2.05) is 0 Å². The van der Waals surface area contributed by atoms with Gasteiger partial charge in [-0.1, -0.05) is 11.6 Å². The molecule has 1 rings (SSSR count). The highest BCUT2D eigenvalue weighted by molar-refractivity contribution is 6.35. The molecule has 0 aromatic carbocycles. The van der Waals surface area contributed by atoms with Crippen LogP contribution in [0.3, 0.4) is 0 Å². The first kappa shape index (κ1) is 9.85. The lowest BCUT2D eigenvalue weighted by molar-refractivity contribution is 0.112. The number of rotatable bonds is 2. The van der Waals surface area contributed by atoms with E-state index in [1.165, 1.54) is 0 Å². The summed E-state index contributed by atoms with van der Waals surface area (Å²) < 4.78 is 24.2. The summed E-state index contributed by atoms with van der Waals surface area (Å²) in [5.74, 6) is -0.262. The first-order valence-corrected chi connectivity index (χ1v) is 3.63. The van der Waals surface area contributed by atoms with Crippen LogP contribution in [0.1, 0.15) is 22.5 Å². The monoisotopic (exact) mass is 206 g/mol. The number of hydrogen-bond donors (Lipinski definition) is 1. The van der Waals surface area contributed by atoms with E-state index >= 15 is 0 Å². The van der Waals surface area contributed by atoms with E-state index in [0.29, 0.717) is 6.29 Å². The van der Waals surface area contributed by atoms with Crippen molar-refractivity contribution in [2.24, 2.45) is 0 Å². The van der Waals surface area contributed by atoms with Crippen LogP contribution in [0.5, 0.6) is 0 Å². The molecule has 0 amide bonds. The number of hydrogen-bond acceptors (Lipinski definition) is 3. The molecule has 70 valence electrons. The van der Waals surface area contributed by atoms with Crippen LogP contribution in [0.15, 0.2) is 6.07 Å². The Hall–Kier alpha value is -1.23. The highest BCUT2D eigenvalue weighted by Gasteiger charge is 2.14. The van der Waals surface area contributed by atoms with Gasteiger partial charge in [-0.3, -0.25) is 4.79 Å². The van der Waals surface area contributed by atoms with Crippen molar-refractivity contribution >= 4 is 23.7 Å². The fraction of sp³-hybridized carbons (Fsp3) is 0.143. The van der Waals surface area contributed by atoms with Gasteiger partial charge < -0.3 is 5.73 Å². The molecule has 1 aromatic heterocycles. The van der Waals surface area contributed by atoms with Crippen LogP contribution < -0.4 is 5.73 Å². The summed E-state index contributed by atoms with van der Waals surface area (Å²) >= 11 is 5.51. The molecule has 0 spiro atoms. The molecule has 0 aliphatic rings. The van der Waals surface area contributed by atoms with E-state index < -0.39 is 12.1 Å². The molecule has 1 aromatic rings. The number of nitrogen functional groups attached to an aromatic ring is 1. The minimum atomic E-state index is -2.77. The highest BCUT2D eigenvalue weighted by atomic mass is 35.5. The van der Waals surface area contributed by atoms with Gasteiger partial charge in [-0.2, -0.15) is 0 Å². The highest BCUT2D eigenvalue weighted by Crippen LogP contribution is 2.25. The Bertz CT molecular complexity index is 344. The van der Waals surface area contributed by atoms with Gasteiger partial charge in [-0.15, -0.1) is 0 Å². The van der Waals surface area contributed by atoms with Crippen LogP contribution in [0.4, 0.5) is 14.6 Å². The second kappa shape index (κ2) is 3.66. The first-order chi connectivity index (χ1) is 6.06. The SMILES string of the molecule is Nc1nc(C(F)F)cc(C=O)c1Cl. The maximum atomic E-state index is 12.1. The summed E-state index contributed by atoms with van der Waals surface area (Å²) in [6, 6.07) is 0.913. The van der Waals surface area contributed by atoms with Crippen molar-refractivity contribution in [1.29, 1.82) is 0 Å². The summed E-state index contributed by atoms with van der Waals surface area (Å²) in [5, 5.41) is -0.0978. The van der Waals surface area contributed by atoms with Crippen LogP contribution in [-0.4, -0.2) is 11.3 Å². The number of carbonyl (C=O) groups excluding carboxylic acids is 1. The third-order valence-electron chi connectivity index (χ3n) is 1.38. The number of alkyl halides is 2. The third-order valence-corrected chi connectivity index (χ3v) is 1.79. The number of carbonyl (C=O) groups is 1. The van der Waals surface area contributed by atoms with Crippen molar-refractivity contribution < 1.29 is 13.6 Å². The normalized spacial score (nSPS) is 10.5. The summed E-state index contributed by atoms with van der Waals surface area (Å²) in [6.07, 6.45) is -2.41. The molecule has 3 nitrogen and oxygen atoms in total. The van der Waals surface area contributed by atoms with Gasteiger partial charge in [0.1, 0.15) is 11.5 Å². The van der Waals surface area contributed by atoms with Crippen molar-refractivity contribution in [3.63, 3.8) is 0 Å². The van der Waals surface area contributed by atoms with Gasteiger partial charge in [0.15, 0.2) is 6.29 Å². The van der Waals surface area contributed by atoms with E-state index in [2.05, 4.69) is 4.98 Å². The number of pyridine rings is 1. The summed E-state index contributed by atoms with van der Waals surface area (Å²) in [4.78, 5) is 13.7. The largest absolute Gasteiger partial charge is 0.382 e. The van der Waals surface area contributed by atoms with E-state index in [4.69, 9.17) is 17.3 Å². The predicted octanol–water partition coefficient (Wildman–Crippen LogP) is 2.07. The zero-order valence-corrected chi connectivity index (χ0v) is 7.05. The Morgan fingerprint density at radius 2 is 2.23 bits per heavy atom. The molecule has 1 heterocycles. The third kappa shape index (κ3) is 1.92. The van der Waals surface area contributed by atoms with Crippen molar-refractivity contribution in [3.05, 3.63) is 22.3 Å². The molecule has 0 aliphatic carbocycles. The average molecular weight is 207 g/mol. The lowest BCUT2D eigenvalue weighted by Gasteiger charge is -2.04. The minimum absolute atomic E-state index is 0.0792. The fourth-order valence-corrected chi connectivity index (χ4v) is 0.930. The van der Waals surface area contributed by atoms with Gasteiger partial charge in [0.2, 0.25) is 0 Å². The summed E-state index contributed by atoms with van der Waals surface area (Å²) in [6.45, 7) is 0. The maximum Gasteiger partial charge on any atom is 0.280 e. The molecule has 2 N–H and O–H groups in total. The molecule has 0 atom stereocenters. The van der Waals surface area contributed by atoms with Gasteiger partial charge in [0.25, 0.3) is 6.43 Å². The number of aldehydes is 1. The molecule has 13 heavy (non-hydrogen) atoms. The van der Waals surface area contributed by atoms with Crippen LogP contribution >= 0.6 is 11.6 Å². The Balaban J connectivity index is 3.30. The standard InChI is InChI=1S/C7H5ClF2N2O/c8-5-3(2-13)1-4(6(9)10)12-7(5)11/h1-2,6H,(H2,11,12). The van der Waals surface area contributed by atoms with Crippen LogP contribution in [-0.2, 0) is 0 Å². The number of aromatic nitrogens is 1. The van der Waals surface area contributed by atoms with Gasteiger partial charge in [0, 0.05) is 5.56 Å². The van der Waals surface area contributed by atoms with Gasteiger partial charge in [-0.05, 0) is 6.07 Å². The lowest BCUT2D eigenvalue weighted by Crippen LogP contribution is -2.00. The van der Waals surface area contributed by atoms with E-state index in [-0.39, 0.29) is 16.4 Å². The zero-order chi connectivity index (χ0) is 10.0. The molecule has 0 bridgehead atoms. The quantitative estimate of drug-likeness (QED) is 0.754. The molecule has 6 heteroatoms. The predicted molar refractivity (Wildman–Crippen MR) is 44.0 cm³/mol. The summed E-state index contributed by atoms with van der Waals surface area (Å²) in [5.41, 5.74) is 4.57. The molecular formula is C7H5ClF2N2O. The molecular weight excluding hydrogens is 202 g/mol. The average Bonchev–Trinajstić information content (AvgIpc) is 2.09. The van der Waals surface area contributed by atoms with Crippen molar-refractivity contribution in [1.82, 2.24) is 4.98 Å². The minimum Gasteiger partial charge on any atom is -0.382 e. The van der Waals surface area contributed by atoms with Crippen LogP contribution in [0, 0.1) is 0 Å². The Labute approximate surface area is 77.5 Å². The second-order valence-electron chi connectivity index (χ2n) is 2.25. The lowest BCUT2D eigenvalue weighted by atomic mass is 10.2. The number of nitrogens with two attached hydrogens (primary N) is 1. The van der Waals surface area contributed by atoms with Gasteiger partial charge in [-0.25, -0.2) is 13.8 Å². The number of nitrogens with zero attached hydrogens (tertiary/aromatic N) is 1. The molecule has 0 radical (unpaired) electrons. The number of anilines is 1. The summed E-state index contributed by atoms with van der Waals surface area (Å²) in [7, 11) is 0. The van der Waals surface area contributed by atoms with Crippen LogP contribution in [0.25, 0.3) is 0 Å². The Morgan fingerprint density at radius 1 is 1.62 bits per heavy atom. The maximum absolute atomic E-state index is 12.1. The van der Waals surface area contributed by atoms with E-state index in [9.17, 15) is 13.6 Å². The second-order valence-corrected chi connectivity index (χ2v) is 2.63. The van der Waals surface area contributed by atoms with Gasteiger partial charge >= 0.3 is 0 Å². The van der Waals surface area contributed by atoms with Crippen molar-refractivity contribution in [2.75, 3.05) is 5.73 Å². The first-order valence-electron chi connectivity index (χ1n) is 3.25. The van der Waals surface area contributed by atoms with Gasteiger partial charge in [0.05, 0.1) is 5.02 Å². The van der Waals surface area contributed by atoms with Crippen molar-refractivity contribution in [2.45, 2.75) is 6.43 Å². The zero-order valence-electron chi connectivity index (χ0n) is 6.30.